The number of rotatable bonds is 4. The van der Waals surface area contributed by atoms with Crippen molar-refractivity contribution in [2.45, 2.75) is 38.5 Å². The van der Waals surface area contributed by atoms with Gasteiger partial charge in [0.05, 0.1) is 11.4 Å². The molecule has 0 atom stereocenters. The second-order valence-electron chi connectivity index (χ2n) is 3.95. The molecular weight excluding hydrogens is 196 g/mol. The molecule has 0 aromatic rings. The third-order valence-electron chi connectivity index (χ3n) is 2.65. The Labute approximate surface area is 90.4 Å². The minimum atomic E-state index is -0.0388. The first-order valence-electron chi connectivity index (χ1n) is 5.23. The zero-order valence-corrected chi connectivity index (χ0v) is 9.24. The van der Waals surface area contributed by atoms with Gasteiger partial charge in [-0.2, -0.15) is 0 Å². The molecule has 0 bridgehead atoms. The zero-order chi connectivity index (χ0) is 10.4. The van der Waals surface area contributed by atoms with Crippen LogP contribution in [-0.2, 0) is 4.79 Å². The SMILES string of the molecule is NC(=S)CC(=O)NCC1CCCCC1. The van der Waals surface area contributed by atoms with Crippen molar-refractivity contribution in [2.24, 2.45) is 11.7 Å². The van der Waals surface area contributed by atoms with Crippen LogP contribution in [0, 0.1) is 5.92 Å². The molecule has 1 rings (SSSR count). The molecule has 0 aromatic carbocycles. The monoisotopic (exact) mass is 214 g/mol. The van der Waals surface area contributed by atoms with Gasteiger partial charge in [-0.15, -0.1) is 0 Å². The second-order valence-corrected chi connectivity index (χ2v) is 4.48. The maximum Gasteiger partial charge on any atom is 0.226 e. The van der Waals surface area contributed by atoms with Crippen molar-refractivity contribution in [1.29, 1.82) is 0 Å². The van der Waals surface area contributed by atoms with Gasteiger partial charge in [-0.1, -0.05) is 31.5 Å². The number of thiocarbonyl (C=S) groups is 1. The topological polar surface area (TPSA) is 55.1 Å². The largest absolute Gasteiger partial charge is 0.393 e. The molecule has 1 amide bonds. The fourth-order valence-corrected chi connectivity index (χ4v) is 2.00. The molecule has 1 fully saturated rings. The lowest BCUT2D eigenvalue weighted by atomic mass is 9.89. The van der Waals surface area contributed by atoms with Crippen LogP contribution in [-0.4, -0.2) is 17.4 Å². The van der Waals surface area contributed by atoms with Crippen LogP contribution in [0.5, 0.6) is 0 Å². The summed E-state index contributed by atoms with van der Waals surface area (Å²) in [5, 5.41) is 2.88. The Morgan fingerprint density at radius 3 is 2.57 bits per heavy atom. The van der Waals surface area contributed by atoms with E-state index < -0.39 is 0 Å². The molecule has 1 aliphatic carbocycles. The summed E-state index contributed by atoms with van der Waals surface area (Å²) in [4.78, 5) is 11.5. The maximum atomic E-state index is 11.2. The van der Waals surface area contributed by atoms with Crippen molar-refractivity contribution in [3.05, 3.63) is 0 Å². The Morgan fingerprint density at radius 2 is 2.00 bits per heavy atom. The number of hydrogen-bond acceptors (Lipinski definition) is 2. The number of amides is 1. The maximum absolute atomic E-state index is 11.2. The highest BCUT2D eigenvalue weighted by Gasteiger charge is 2.14. The molecule has 1 saturated carbocycles. The van der Waals surface area contributed by atoms with E-state index in [0.29, 0.717) is 5.92 Å². The third kappa shape index (κ3) is 4.56. The van der Waals surface area contributed by atoms with Gasteiger partial charge in [0.15, 0.2) is 0 Å². The number of hydrogen-bond donors (Lipinski definition) is 2. The highest BCUT2D eigenvalue weighted by Crippen LogP contribution is 2.22. The Morgan fingerprint density at radius 1 is 1.36 bits per heavy atom. The van der Waals surface area contributed by atoms with E-state index in [2.05, 4.69) is 17.5 Å². The number of carbonyl (C=O) groups is 1. The minimum absolute atomic E-state index is 0.0388. The van der Waals surface area contributed by atoms with Gasteiger partial charge in [0, 0.05) is 6.54 Å². The van der Waals surface area contributed by atoms with Crippen LogP contribution in [0.15, 0.2) is 0 Å². The number of carbonyl (C=O) groups excluding carboxylic acids is 1. The third-order valence-corrected chi connectivity index (χ3v) is 2.79. The summed E-state index contributed by atoms with van der Waals surface area (Å²) in [5.74, 6) is 0.627. The lowest BCUT2D eigenvalue weighted by Gasteiger charge is -2.21. The summed E-state index contributed by atoms with van der Waals surface area (Å²) in [6.45, 7) is 0.793. The van der Waals surface area contributed by atoms with Crippen molar-refractivity contribution < 1.29 is 4.79 Å². The molecule has 3 N–H and O–H groups in total. The highest BCUT2D eigenvalue weighted by molar-refractivity contribution is 7.80. The fourth-order valence-electron chi connectivity index (χ4n) is 1.87. The van der Waals surface area contributed by atoms with Gasteiger partial charge in [-0.3, -0.25) is 4.79 Å². The molecule has 0 unspecified atom stereocenters. The molecule has 0 saturated heterocycles. The predicted octanol–water partition coefficient (Wildman–Crippen LogP) is 1.36. The molecule has 3 nitrogen and oxygen atoms in total. The smallest absolute Gasteiger partial charge is 0.226 e. The van der Waals surface area contributed by atoms with E-state index in [9.17, 15) is 4.79 Å². The molecule has 0 spiro atoms. The first-order valence-corrected chi connectivity index (χ1v) is 5.64. The summed E-state index contributed by atoms with van der Waals surface area (Å²) in [6.07, 6.45) is 6.62. The molecule has 1 aliphatic rings. The molecule has 0 radical (unpaired) electrons. The van der Waals surface area contributed by atoms with E-state index in [1.165, 1.54) is 32.1 Å². The summed E-state index contributed by atoms with van der Waals surface area (Å²) in [5.41, 5.74) is 5.27. The van der Waals surface area contributed by atoms with E-state index in [1.54, 1.807) is 0 Å². The van der Waals surface area contributed by atoms with Crippen LogP contribution in [0.2, 0.25) is 0 Å². The van der Waals surface area contributed by atoms with Crippen LogP contribution >= 0.6 is 12.2 Å². The van der Waals surface area contributed by atoms with E-state index in [-0.39, 0.29) is 17.3 Å². The van der Waals surface area contributed by atoms with Crippen molar-refractivity contribution in [3.8, 4) is 0 Å². The molecule has 0 aromatic heterocycles. The first kappa shape index (κ1) is 11.4. The molecule has 14 heavy (non-hydrogen) atoms. The van der Waals surface area contributed by atoms with Gasteiger partial charge >= 0.3 is 0 Å². The summed E-state index contributed by atoms with van der Waals surface area (Å²) in [7, 11) is 0. The standard InChI is InChI=1S/C10H18N2OS/c11-9(14)6-10(13)12-7-8-4-2-1-3-5-8/h8H,1-7H2,(H2,11,14)(H,12,13). The lowest BCUT2D eigenvalue weighted by Crippen LogP contribution is -2.32. The van der Waals surface area contributed by atoms with Crippen molar-refractivity contribution in [2.75, 3.05) is 6.54 Å². The molecule has 80 valence electrons. The van der Waals surface area contributed by atoms with Gasteiger partial charge in [-0.05, 0) is 18.8 Å². The van der Waals surface area contributed by atoms with Gasteiger partial charge in [-0.25, -0.2) is 0 Å². The summed E-state index contributed by atoms with van der Waals surface area (Å²) < 4.78 is 0. The Balaban J connectivity index is 2.12. The Kier molecular flexibility index (Phi) is 4.87. The molecule has 0 aliphatic heterocycles. The summed E-state index contributed by atoms with van der Waals surface area (Å²) >= 11 is 4.66. The van der Waals surface area contributed by atoms with E-state index in [4.69, 9.17) is 5.73 Å². The minimum Gasteiger partial charge on any atom is -0.393 e. The highest BCUT2D eigenvalue weighted by atomic mass is 32.1. The van der Waals surface area contributed by atoms with Crippen LogP contribution in [0.3, 0.4) is 0 Å². The lowest BCUT2D eigenvalue weighted by molar-refractivity contribution is -0.120. The van der Waals surface area contributed by atoms with Crippen LogP contribution < -0.4 is 11.1 Å². The van der Waals surface area contributed by atoms with E-state index >= 15 is 0 Å². The Bertz CT molecular complexity index is 212. The summed E-state index contributed by atoms with van der Waals surface area (Å²) in [6, 6.07) is 0. The fraction of sp³-hybridized carbons (Fsp3) is 0.800. The normalized spacial score (nSPS) is 17.7. The molecular formula is C10H18N2OS. The van der Waals surface area contributed by atoms with Crippen molar-refractivity contribution >= 4 is 23.1 Å². The predicted molar refractivity (Wildman–Crippen MR) is 61.0 cm³/mol. The van der Waals surface area contributed by atoms with Crippen molar-refractivity contribution in [3.63, 3.8) is 0 Å². The number of nitrogens with two attached hydrogens (primary N) is 1. The quantitative estimate of drug-likeness (QED) is 0.695. The van der Waals surface area contributed by atoms with Gasteiger partial charge in [0.1, 0.15) is 0 Å². The first-order chi connectivity index (χ1) is 6.68. The molecule has 0 heterocycles. The van der Waals surface area contributed by atoms with Crippen LogP contribution in [0.25, 0.3) is 0 Å². The average molecular weight is 214 g/mol. The average Bonchev–Trinajstić information content (AvgIpc) is 2.15. The van der Waals surface area contributed by atoms with Gasteiger partial charge in [0.25, 0.3) is 0 Å². The van der Waals surface area contributed by atoms with Crippen LogP contribution in [0.4, 0.5) is 0 Å². The van der Waals surface area contributed by atoms with Gasteiger partial charge in [0.2, 0.25) is 5.91 Å². The van der Waals surface area contributed by atoms with E-state index in [0.717, 1.165) is 6.54 Å². The molecule has 4 heteroatoms. The second kappa shape index (κ2) is 5.96. The Hall–Kier alpha value is -0.640. The van der Waals surface area contributed by atoms with Crippen molar-refractivity contribution in [1.82, 2.24) is 5.32 Å². The van der Waals surface area contributed by atoms with Gasteiger partial charge < -0.3 is 11.1 Å². The number of nitrogens with one attached hydrogen (secondary N) is 1. The van der Waals surface area contributed by atoms with Crippen LogP contribution in [0.1, 0.15) is 38.5 Å². The zero-order valence-electron chi connectivity index (χ0n) is 8.42. The van der Waals surface area contributed by atoms with E-state index in [1.807, 2.05) is 0 Å².